The van der Waals surface area contributed by atoms with Crippen molar-refractivity contribution in [1.29, 1.82) is 0 Å². The van der Waals surface area contributed by atoms with Crippen LogP contribution in [0.2, 0.25) is 0 Å². The Balaban J connectivity index is 2.95. The molecule has 1 rings (SSSR count). The van der Waals surface area contributed by atoms with Crippen LogP contribution in [0.15, 0.2) is 12.1 Å². The second kappa shape index (κ2) is 9.35. The van der Waals surface area contributed by atoms with Crippen LogP contribution in [0.4, 0.5) is 0 Å². The molecule has 1 N–H and O–H groups in total. The summed E-state index contributed by atoms with van der Waals surface area (Å²) in [6, 6.07) is 4.50. The van der Waals surface area contributed by atoms with Gasteiger partial charge in [-0.2, -0.15) is 11.8 Å². The number of rotatable bonds is 8. The molecule has 0 amide bonds. The van der Waals surface area contributed by atoms with Crippen LogP contribution in [0.5, 0.6) is 5.75 Å². The summed E-state index contributed by atoms with van der Waals surface area (Å²) in [4.78, 5) is 0. The second-order valence-electron chi connectivity index (χ2n) is 9.47. The van der Waals surface area contributed by atoms with E-state index in [4.69, 9.17) is 0 Å². The summed E-state index contributed by atoms with van der Waals surface area (Å²) in [5.74, 6) is 3.61. The molecule has 0 aliphatic carbocycles. The van der Waals surface area contributed by atoms with E-state index in [-0.39, 0.29) is 10.8 Å². The van der Waals surface area contributed by atoms with Crippen LogP contribution in [-0.4, -0.2) is 16.6 Å². The van der Waals surface area contributed by atoms with Gasteiger partial charge in [-0.15, -0.1) is 0 Å². The van der Waals surface area contributed by atoms with Crippen molar-refractivity contribution in [1.82, 2.24) is 0 Å². The molecule has 0 radical (unpaired) electrons. The van der Waals surface area contributed by atoms with Crippen molar-refractivity contribution in [3.05, 3.63) is 28.8 Å². The number of thioether (sulfide) groups is 1. The molecular weight excluding hydrogens is 324 g/mol. The van der Waals surface area contributed by atoms with E-state index in [9.17, 15) is 5.11 Å². The average Bonchev–Trinajstić information content (AvgIpc) is 2.48. The monoisotopic (exact) mass is 364 g/mol. The lowest BCUT2D eigenvalue weighted by atomic mass is 9.77. The number of aromatic hydroxyl groups is 1. The molecule has 0 spiro atoms. The fraction of sp³-hybridized carbons (Fsp3) is 0.739. The van der Waals surface area contributed by atoms with Crippen molar-refractivity contribution in [3.8, 4) is 5.75 Å². The van der Waals surface area contributed by atoms with Gasteiger partial charge in [-0.3, -0.25) is 0 Å². The first-order valence-electron chi connectivity index (χ1n) is 9.94. The number of phenolic OH excluding ortho intramolecular Hbond substituents is 1. The Morgan fingerprint density at radius 3 is 1.88 bits per heavy atom. The van der Waals surface area contributed by atoms with Gasteiger partial charge in [-0.1, -0.05) is 73.9 Å². The van der Waals surface area contributed by atoms with Crippen molar-refractivity contribution < 1.29 is 5.11 Å². The van der Waals surface area contributed by atoms with Crippen LogP contribution in [0.3, 0.4) is 0 Å². The van der Waals surface area contributed by atoms with Crippen molar-refractivity contribution in [2.45, 2.75) is 97.8 Å². The smallest absolute Gasteiger partial charge is 0.123 e. The maximum Gasteiger partial charge on any atom is 0.123 e. The van der Waals surface area contributed by atoms with Crippen LogP contribution < -0.4 is 0 Å². The highest BCUT2D eigenvalue weighted by atomic mass is 32.2. The van der Waals surface area contributed by atoms with Crippen molar-refractivity contribution in [2.24, 2.45) is 0 Å². The lowest BCUT2D eigenvalue weighted by Gasteiger charge is -2.29. The van der Waals surface area contributed by atoms with E-state index in [1.54, 1.807) is 0 Å². The predicted octanol–water partition coefficient (Wildman–Crippen LogP) is 7.40. The Labute approximate surface area is 161 Å². The number of hydrogen-bond acceptors (Lipinski definition) is 2. The van der Waals surface area contributed by atoms with Crippen LogP contribution >= 0.6 is 11.8 Å². The summed E-state index contributed by atoms with van der Waals surface area (Å²) in [6.07, 6.45) is 5.10. The van der Waals surface area contributed by atoms with Gasteiger partial charge < -0.3 is 5.11 Å². The van der Waals surface area contributed by atoms with Gasteiger partial charge in [0.05, 0.1) is 0 Å². The van der Waals surface area contributed by atoms with Crippen LogP contribution in [0.1, 0.15) is 104 Å². The van der Waals surface area contributed by atoms with E-state index in [1.807, 2.05) is 0 Å². The molecule has 2 heteroatoms. The van der Waals surface area contributed by atoms with Crippen LogP contribution in [0.25, 0.3) is 0 Å². The van der Waals surface area contributed by atoms with E-state index < -0.39 is 0 Å². The normalized spacial score (nSPS) is 13.9. The minimum Gasteiger partial charge on any atom is -0.507 e. The minimum atomic E-state index is -0.0450. The molecule has 144 valence electrons. The van der Waals surface area contributed by atoms with Crippen molar-refractivity contribution in [2.75, 3.05) is 11.5 Å². The zero-order valence-corrected chi connectivity index (χ0v) is 18.6. The molecule has 0 fully saturated rings. The van der Waals surface area contributed by atoms with Gasteiger partial charge in [0.15, 0.2) is 0 Å². The predicted molar refractivity (Wildman–Crippen MR) is 115 cm³/mol. The van der Waals surface area contributed by atoms with Gasteiger partial charge in [0.2, 0.25) is 0 Å². The van der Waals surface area contributed by atoms with E-state index in [1.165, 1.54) is 42.8 Å². The van der Waals surface area contributed by atoms with Gasteiger partial charge in [-0.25, -0.2) is 0 Å². The molecule has 0 aliphatic heterocycles. The second-order valence-corrected chi connectivity index (χ2v) is 10.7. The molecule has 1 aromatic rings. The molecule has 1 unspecified atom stereocenters. The minimum absolute atomic E-state index is 0.0450. The Morgan fingerprint density at radius 2 is 1.44 bits per heavy atom. The third-order valence-electron chi connectivity index (χ3n) is 4.84. The molecule has 1 aromatic carbocycles. The Hall–Kier alpha value is -0.630. The first-order valence-corrected chi connectivity index (χ1v) is 11.1. The van der Waals surface area contributed by atoms with Gasteiger partial charge in [0.1, 0.15) is 5.75 Å². The highest BCUT2D eigenvalue weighted by Gasteiger charge is 2.27. The maximum absolute atomic E-state index is 10.9. The number of unbranched alkanes of at least 4 members (excludes halogenated alkanes) is 1. The molecule has 1 atom stereocenters. The van der Waals surface area contributed by atoms with Gasteiger partial charge in [0.25, 0.3) is 0 Å². The zero-order valence-electron chi connectivity index (χ0n) is 17.8. The standard InChI is InChI=1S/C23H40OS/c1-9-13-25-14-11-10-12-17(2)18-15-19(22(3,4)5)21(24)20(16-18)23(6,7)8/h15-17,24H,9-14H2,1-8H3. The van der Waals surface area contributed by atoms with Gasteiger partial charge >= 0.3 is 0 Å². The van der Waals surface area contributed by atoms with Crippen LogP contribution in [0, 0.1) is 0 Å². The fourth-order valence-corrected chi connectivity index (χ4v) is 4.05. The van der Waals surface area contributed by atoms with Crippen LogP contribution in [-0.2, 0) is 10.8 Å². The fourth-order valence-electron chi connectivity index (χ4n) is 3.15. The molecule has 0 saturated carbocycles. The summed E-state index contributed by atoms with van der Waals surface area (Å²) in [5, 5.41) is 10.9. The number of hydrogen-bond donors (Lipinski definition) is 1. The van der Waals surface area contributed by atoms with Crippen molar-refractivity contribution >= 4 is 11.8 Å². The molecule has 1 nitrogen and oxygen atoms in total. The highest BCUT2D eigenvalue weighted by Crippen LogP contribution is 2.41. The highest BCUT2D eigenvalue weighted by molar-refractivity contribution is 7.99. The summed E-state index contributed by atoms with van der Waals surface area (Å²) < 4.78 is 0. The Kier molecular flexibility index (Phi) is 8.38. The molecular formula is C23H40OS. The maximum atomic E-state index is 10.9. The number of phenols is 1. The molecule has 0 aromatic heterocycles. The lowest BCUT2D eigenvalue weighted by Crippen LogP contribution is -2.18. The third kappa shape index (κ3) is 6.89. The first-order chi connectivity index (χ1) is 11.5. The van der Waals surface area contributed by atoms with Crippen molar-refractivity contribution in [3.63, 3.8) is 0 Å². The Bertz CT molecular complexity index is 499. The van der Waals surface area contributed by atoms with E-state index in [2.05, 4.69) is 79.3 Å². The lowest BCUT2D eigenvalue weighted by molar-refractivity contribution is 0.422. The summed E-state index contributed by atoms with van der Waals surface area (Å²) in [5.41, 5.74) is 3.46. The summed E-state index contributed by atoms with van der Waals surface area (Å²) >= 11 is 2.08. The number of benzene rings is 1. The molecule has 0 aliphatic rings. The van der Waals surface area contributed by atoms with Gasteiger partial charge in [0, 0.05) is 0 Å². The summed E-state index contributed by atoms with van der Waals surface area (Å²) in [6.45, 7) is 17.7. The molecule has 25 heavy (non-hydrogen) atoms. The zero-order chi connectivity index (χ0) is 19.3. The molecule has 0 heterocycles. The molecule has 0 bridgehead atoms. The largest absolute Gasteiger partial charge is 0.507 e. The topological polar surface area (TPSA) is 20.2 Å². The van der Waals surface area contributed by atoms with E-state index >= 15 is 0 Å². The third-order valence-corrected chi connectivity index (χ3v) is 6.12. The first kappa shape index (κ1) is 22.4. The SMILES string of the molecule is CCCSCCCCC(C)c1cc(C(C)(C)C)c(O)c(C(C)(C)C)c1. The van der Waals surface area contributed by atoms with E-state index in [0.29, 0.717) is 11.7 Å². The average molecular weight is 365 g/mol. The van der Waals surface area contributed by atoms with Gasteiger partial charge in [-0.05, 0) is 64.2 Å². The molecule has 0 saturated heterocycles. The Morgan fingerprint density at radius 1 is 0.920 bits per heavy atom. The summed E-state index contributed by atoms with van der Waals surface area (Å²) in [7, 11) is 0. The quantitative estimate of drug-likeness (QED) is 0.485. The van der Waals surface area contributed by atoms with E-state index in [0.717, 1.165) is 11.1 Å².